The van der Waals surface area contributed by atoms with Crippen LogP contribution in [0.3, 0.4) is 0 Å². The van der Waals surface area contributed by atoms with E-state index in [4.69, 9.17) is 5.73 Å². The summed E-state index contributed by atoms with van der Waals surface area (Å²) in [5.74, 6) is -0.833. The number of likely N-dealkylation sites (tertiary alicyclic amines) is 1. The summed E-state index contributed by atoms with van der Waals surface area (Å²) >= 11 is 0. The fourth-order valence-corrected chi connectivity index (χ4v) is 2.38. The van der Waals surface area contributed by atoms with Gasteiger partial charge in [0.1, 0.15) is 5.82 Å². The highest BCUT2D eigenvalue weighted by Crippen LogP contribution is 2.19. The van der Waals surface area contributed by atoms with Crippen LogP contribution in [-0.4, -0.2) is 29.8 Å². The second-order valence-electron chi connectivity index (χ2n) is 5.26. The van der Waals surface area contributed by atoms with Gasteiger partial charge in [0, 0.05) is 13.0 Å². The van der Waals surface area contributed by atoms with Crippen molar-refractivity contribution in [2.24, 2.45) is 0 Å². The van der Waals surface area contributed by atoms with Crippen molar-refractivity contribution in [3.05, 3.63) is 24.0 Å². The van der Waals surface area contributed by atoms with E-state index in [1.165, 1.54) is 18.2 Å². The molecule has 6 heteroatoms. The second-order valence-corrected chi connectivity index (χ2v) is 5.26. The van der Waals surface area contributed by atoms with Crippen LogP contribution in [0, 0.1) is 5.82 Å². The molecule has 1 aromatic carbocycles. The van der Waals surface area contributed by atoms with Gasteiger partial charge >= 0.3 is 0 Å². The molecule has 0 spiro atoms. The molecule has 0 unspecified atom stereocenters. The summed E-state index contributed by atoms with van der Waals surface area (Å²) in [4.78, 5) is 25.5. The van der Waals surface area contributed by atoms with Crippen LogP contribution < -0.4 is 11.1 Å². The van der Waals surface area contributed by atoms with E-state index in [2.05, 4.69) is 5.32 Å². The van der Waals surface area contributed by atoms with Gasteiger partial charge in [-0.2, -0.15) is 0 Å². The van der Waals surface area contributed by atoms with E-state index in [0.29, 0.717) is 18.7 Å². The lowest BCUT2D eigenvalue weighted by Gasteiger charge is -2.24. The Morgan fingerprint density at radius 1 is 1.29 bits per heavy atom. The largest absolute Gasteiger partial charge is 0.397 e. The molecule has 0 bridgehead atoms. The zero-order chi connectivity index (χ0) is 15.2. The summed E-state index contributed by atoms with van der Waals surface area (Å²) in [5.41, 5.74) is 6.21. The Morgan fingerprint density at radius 2 is 2.05 bits per heavy atom. The maximum Gasteiger partial charge on any atom is 0.244 e. The molecule has 114 valence electrons. The standard InChI is InChI=1S/C15H20FN3O2/c16-11-6-7-12(17)13(9-11)18-14(20)10-19-8-4-2-1-3-5-15(19)21/h6-7,9H,1-5,8,10,17H2,(H,18,20). The van der Waals surface area contributed by atoms with E-state index in [0.717, 1.165) is 25.7 Å². The normalized spacial score (nSPS) is 16.2. The highest BCUT2D eigenvalue weighted by molar-refractivity contribution is 5.96. The van der Waals surface area contributed by atoms with E-state index >= 15 is 0 Å². The van der Waals surface area contributed by atoms with Gasteiger partial charge in [-0.15, -0.1) is 0 Å². The molecule has 21 heavy (non-hydrogen) atoms. The van der Waals surface area contributed by atoms with Crippen molar-refractivity contribution in [1.29, 1.82) is 0 Å². The maximum absolute atomic E-state index is 13.1. The summed E-state index contributed by atoms with van der Waals surface area (Å²) in [6, 6.07) is 3.79. The zero-order valence-electron chi connectivity index (χ0n) is 11.9. The SMILES string of the molecule is Nc1ccc(F)cc1NC(=O)CN1CCCCCCC1=O. The average molecular weight is 293 g/mol. The van der Waals surface area contributed by atoms with E-state index in [1.807, 2.05) is 0 Å². The molecule has 2 rings (SSSR count). The molecule has 1 aliphatic rings. The molecule has 1 fully saturated rings. The number of halogens is 1. The molecule has 0 aromatic heterocycles. The highest BCUT2D eigenvalue weighted by Gasteiger charge is 2.18. The van der Waals surface area contributed by atoms with Gasteiger partial charge in [0.05, 0.1) is 17.9 Å². The fourth-order valence-electron chi connectivity index (χ4n) is 2.38. The first-order valence-corrected chi connectivity index (χ1v) is 7.19. The quantitative estimate of drug-likeness (QED) is 0.838. The third kappa shape index (κ3) is 4.44. The van der Waals surface area contributed by atoms with Crippen molar-refractivity contribution in [3.63, 3.8) is 0 Å². The van der Waals surface area contributed by atoms with Crippen molar-refractivity contribution in [2.75, 3.05) is 24.1 Å². The van der Waals surface area contributed by atoms with E-state index < -0.39 is 5.82 Å². The Hall–Kier alpha value is -2.11. The number of nitrogens with one attached hydrogen (secondary N) is 1. The molecule has 1 aromatic rings. The van der Waals surface area contributed by atoms with Crippen molar-refractivity contribution in [3.8, 4) is 0 Å². The first-order chi connectivity index (χ1) is 10.1. The first kappa shape index (κ1) is 15.3. The predicted molar refractivity (Wildman–Crippen MR) is 79.1 cm³/mol. The molecule has 5 nitrogen and oxygen atoms in total. The van der Waals surface area contributed by atoms with Gasteiger partial charge in [-0.25, -0.2) is 4.39 Å². The lowest BCUT2D eigenvalue weighted by atomic mass is 10.1. The number of carbonyl (C=O) groups excluding carboxylic acids is 2. The molecule has 0 saturated carbocycles. The number of benzene rings is 1. The van der Waals surface area contributed by atoms with E-state index in [-0.39, 0.29) is 24.0 Å². The van der Waals surface area contributed by atoms with Gasteiger partial charge in [-0.1, -0.05) is 12.8 Å². The maximum atomic E-state index is 13.1. The Labute approximate surface area is 123 Å². The number of nitrogen functional groups attached to an aromatic ring is 1. The summed E-state index contributed by atoms with van der Waals surface area (Å²) < 4.78 is 13.1. The Morgan fingerprint density at radius 3 is 2.86 bits per heavy atom. The van der Waals surface area contributed by atoms with Gasteiger partial charge in [-0.3, -0.25) is 9.59 Å². The molecule has 3 N–H and O–H groups in total. The summed E-state index contributed by atoms with van der Waals surface area (Å²) in [5, 5.41) is 2.56. The third-order valence-electron chi connectivity index (χ3n) is 3.55. The Kier molecular flexibility index (Phi) is 5.14. The second kappa shape index (κ2) is 7.06. The van der Waals surface area contributed by atoms with Crippen LogP contribution in [0.15, 0.2) is 18.2 Å². The molecule has 0 radical (unpaired) electrons. The van der Waals surface area contributed by atoms with Crippen LogP contribution >= 0.6 is 0 Å². The minimum absolute atomic E-state index is 0.00272. The molecule has 1 aliphatic heterocycles. The average Bonchev–Trinajstić information content (AvgIpc) is 2.43. The summed E-state index contributed by atoms with van der Waals surface area (Å²) in [6.45, 7) is 0.569. The van der Waals surface area contributed by atoms with Crippen LogP contribution in [0.5, 0.6) is 0 Å². The van der Waals surface area contributed by atoms with Gasteiger partial charge < -0.3 is 16.0 Å². The number of hydrogen-bond acceptors (Lipinski definition) is 3. The van der Waals surface area contributed by atoms with E-state index in [1.54, 1.807) is 4.90 Å². The van der Waals surface area contributed by atoms with Crippen LogP contribution in [0.2, 0.25) is 0 Å². The summed E-state index contributed by atoms with van der Waals surface area (Å²) in [6.07, 6.45) is 4.39. The molecule has 0 aliphatic carbocycles. The Bertz CT molecular complexity index is 534. The van der Waals surface area contributed by atoms with Crippen LogP contribution in [-0.2, 0) is 9.59 Å². The molecular weight excluding hydrogens is 273 g/mol. The number of nitrogens with zero attached hydrogens (tertiary/aromatic N) is 1. The van der Waals surface area contributed by atoms with Crippen LogP contribution in [0.25, 0.3) is 0 Å². The molecule has 2 amide bonds. The number of rotatable bonds is 3. The van der Waals surface area contributed by atoms with Crippen molar-refractivity contribution in [2.45, 2.75) is 32.1 Å². The predicted octanol–water partition coefficient (Wildman–Crippen LogP) is 2.14. The van der Waals surface area contributed by atoms with Crippen LogP contribution in [0.4, 0.5) is 15.8 Å². The zero-order valence-corrected chi connectivity index (χ0v) is 11.9. The van der Waals surface area contributed by atoms with Gasteiger partial charge in [0.2, 0.25) is 11.8 Å². The smallest absolute Gasteiger partial charge is 0.244 e. The van der Waals surface area contributed by atoms with E-state index in [9.17, 15) is 14.0 Å². The van der Waals surface area contributed by atoms with Crippen LogP contribution in [0.1, 0.15) is 32.1 Å². The van der Waals surface area contributed by atoms with Gasteiger partial charge in [0.15, 0.2) is 0 Å². The van der Waals surface area contributed by atoms with Crippen molar-refractivity contribution in [1.82, 2.24) is 4.90 Å². The monoisotopic (exact) mass is 293 g/mol. The number of amides is 2. The van der Waals surface area contributed by atoms with Crippen molar-refractivity contribution >= 4 is 23.2 Å². The third-order valence-corrected chi connectivity index (χ3v) is 3.55. The molecule has 1 saturated heterocycles. The van der Waals surface area contributed by atoms with Crippen molar-refractivity contribution < 1.29 is 14.0 Å². The highest BCUT2D eigenvalue weighted by atomic mass is 19.1. The Balaban J connectivity index is 1.96. The first-order valence-electron chi connectivity index (χ1n) is 7.19. The molecule has 0 atom stereocenters. The minimum Gasteiger partial charge on any atom is -0.397 e. The number of hydrogen-bond donors (Lipinski definition) is 2. The lowest BCUT2D eigenvalue weighted by molar-refractivity contribution is -0.135. The number of carbonyl (C=O) groups is 2. The van der Waals surface area contributed by atoms with Gasteiger partial charge in [-0.05, 0) is 31.0 Å². The lowest BCUT2D eigenvalue weighted by Crippen LogP contribution is -2.39. The number of anilines is 2. The topological polar surface area (TPSA) is 75.4 Å². The number of nitrogens with two attached hydrogens (primary N) is 1. The minimum atomic E-state index is -0.471. The molecular formula is C15H20FN3O2. The summed E-state index contributed by atoms with van der Waals surface area (Å²) in [7, 11) is 0. The fraction of sp³-hybridized carbons (Fsp3) is 0.467. The van der Waals surface area contributed by atoms with Gasteiger partial charge in [0.25, 0.3) is 0 Å². The molecule has 1 heterocycles.